The van der Waals surface area contributed by atoms with Crippen LogP contribution in [0.15, 0.2) is 41.3 Å². The summed E-state index contributed by atoms with van der Waals surface area (Å²) in [4.78, 5) is 13.6. The Bertz CT molecular complexity index is 806. The molecule has 1 fully saturated rings. The maximum atomic E-state index is 13.2. The predicted molar refractivity (Wildman–Crippen MR) is 105 cm³/mol. The molecule has 2 aromatic rings. The monoisotopic (exact) mass is 393 g/mol. The third-order valence-electron chi connectivity index (χ3n) is 4.57. The molecule has 0 atom stereocenters. The average Bonchev–Trinajstić information content (AvgIpc) is 2.62. The Labute approximate surface area is 161 Å². The first-order chi connectivity index (χ1) is 12.4. The number of benzene rings is 2. The molecular formula is C20H21ClFNO2S. The molecule has 0 heterocycles. The van der Waals surface area contributed by atoms with Crippen LogP contribution in [0.2, 0.25) is 5.02 Å². The molecule has 3 nitrogen and oxygen atoms in total. The Morgan fingerprint density at radius 3 is 2.62 bits per heavy atom. The minimum atomic E-state index is -0.517. The maximum Gasteiger partial charge on any atom is 0.255 e. The Hall–Kier alpha value is -1.56. The van der Waals surface area contributed by atoms with Crippen LogP contribution in [-0.4, -0.2) is 22.4 Å². The smallest absolute Gasteiger partial charge is 0.255 e. The summed E-state index contributed by atoms with van der Waals surface area (Å²) in [7, 11) is 0. The number of hydrogen-bond acceptors (Lipinski definition) is 3. The molecule has 3 rings (SSSR count). The number of carbonyl (C=O) groups excluding carboxylic acids is 1. The third-order valence-corrected chi connectivity index (χ3v) is 6.35. The number of anilines is 1. The molecule has 0 radical (unpaired) electrons. The summed E-state index contributed by atoms with van der Waals surface area (Å²) in [5.41, 5.74) is 2.13. The molecule has 26 heavy (non-hydrogen) atoms. The number of hydrogen-bond donors (Lipinski definition) is 2. The predicted octanol–water partition coefficient (Wildman–Crippen LogP) is 5.44. The van der Waals surface area contributed by atoms with Crippen molar-refractivity contribution in [2.75, 3.05) is 5.32 Å². The van der Waals surface area contributed by atoms with Gasteiger partial charge in [-0.1, -0.05) is 17.7 Å². The van der Waals surface area contributed by atoms with E-state index in [0.29, 0.717) is 16.5 Å². The van der Waals surface area contributed by atoms with Crippen LogP contribution in [-0.2, 0) is 0 Å². The van der Waals surface area contributed by atoms with E-state index >= 15 is 0 Å². The van der Waals surface area contributed by atoms with Gasteiger partial charge in [0.1, 0.15) is 5.82 Å². The van der Waals surface area contributed by atoms with Crippen LogP contribution >= 0.6 is 23.4 Å². The van der Waals surface area contributed by atoms with Crippen molar-refractivity contribution < 1.29 is 14.3 Å². The zero-order chi connectivity index (χ0) is 18.7. The van der Waals surface area contributed by atoms with E-state index in [4.69, 9.17) is 11.6 Å². The molecule has 0 spiro atoms. The van der Waals surface area contributed by atoms with Gasteiger partial charge in [0.2, 0.25) is 0 Å². The third kappa shape index (κ3) is 4.78. The molecule has 0 aromatic heterocycles. The highest BCUT2D eigenvalue weighted by molar-refractivity contribution is 8.00. The number of amides is 1. The molecule has 1 saturated carbocycles. The summed E-state index contributed by atoms with van der Waals surface area (Å²) in [5.74, 6) is -0.773. The van der Waals surface area contributed by atoms with Gasteiger partial charge in [-0.05, 0) is 68.5 Å². The van der Waals surface area contributed by atoms with E-state index in [9.17, 15) is 14.3 Å². The Kier molecular flexibility index (Phi) is 6.22. The minimum Gasteiger partial charge on any atom is -0.393 e. The highest BCUT2D eigenvalue weighted by Gasteiger charge is 2.21. The molecule has 1 aliphatic carbocycles. The molecule has 1 amide bonds. The molecule has 1 aliphatic rings. The van der Waals surface area contributed by atoms with Gasteiger partial charge in [0, 0.05) is 21.4 Å². The first-order valence-electron chi connectivity index (χ1n) is 8.64. The molecule has 0 aliphatic heterocycles. The van der Waals surface area contributed by atoms with E-state index in [1.807, 2.05) is 19.1 Å². The number of halogens is 2. The van der Waals surface area contributed by atoms with Crippen molar-refractivity contribution in [3.8, 4) is 0 Å². The molecule has 2 aromatic carbocycles. The van der Waals surface area contributed by atoms with Crippen LogP contribution in [0.4, 0.5) is 10.1 Å². The van der Waals surface area contributed by atoms with E-state index in [1.54, 1.807) is 17.8 Å². The lowest BCUT2D eigenvalue weighted by atomic mass is 9.97. The Balaban J connectivity index is 1.71. The van der Waals surface area contributed by atoms with E-state index in [1.165, 1.54) is 18.2 Å². The quantitative estimate of drug-likeness (QED) is 0.727. The van der Waals surface area contributed by atoms with Crippen LogP contribution in [0, 0.1) is 12.7 Å². The normalized spacial score (nSPS) is 20.0. The van der Waals surface area contributed by atoms with Crippen LogP contribution in [0.25, 0.3) is 0 Å². The first-order valence-corrected chi connectivity index (χ1v) is 9.90. The van der Waals surface area contributed by atoms with Crippen molar-refractivity contribution in [3.05, 3.63) is 58.4 Å². The molecule has 0 unspecified atom stereocenters. The van der Waals surface area contributed by atoms with Gasteiger partial charge in [-0.15, -0.1) is 11.8 Å². The summed E-state index contributed by atoms with van der Waals surface area (Å²) in [6, 6.07) is 9.72. The molecule has 6 heteroatoms. The lowest BCUT2D eigenvalue weighted by Crippen LogP contribution is -2.19. The summed E-state index contributed by atoms with van der Waals surface area (Å²) in [5, 5.41) is 12.8. The Morgan fingerprint density at radius 1 is 1.19 bits per heavy atom. The van der Waals surface area contributed by atoms with Gasteiger partial charge in [0.05, 0.1) is 11.1 Å². The average molecular weight is 394 g/mol. The van der Waals surface area contributed by atoms with Crippen LogP contribution in [0.1, 0.15) is 41.6 Å². The van der Waals surface area contributed by atoms with Gasteiger partial charge < -0.3 is 10.4 Å². The van der Waals surface area contributed by atoms with E-state index < -0.39 is 5.82 Å². The molecule has 0 saturated heterocycles. The lowest BCUT2D eigenvalue weighted by molar-refractivity contribution is 0.102. The van der Waals surface area contributed by atoms with Gasteiger partial charge in [0.15, 0.2) is 0 Å². The van der Waals surface area contributed by atoms with Crippen molar-refractivity contribution >= 4 is 35.0 Å². The zero-order valence-electron chi connectivity index (χ0n) is 14.5. The molecule has 0 bridgehead atoms. The molecule has 138 valence electrons. The lowest BCUT2D eigenvalue weighted by Gasteiger charge is -2.25. The van der Waals surface area contributed by atoms with Gasteiger partial charge in [-0.3, -0.25) is 4.79 Å². The van der Waals surface area contributed by atoms with Crippen LogP contribution in [0.3, 0.4) is 0 Å². The standard InChI is InChI=1S/C20H21ClFNO2S/c1-12-2-3-13(10-19(12)26-16-7-5-15(24)6-8-16)20(25)23-14-4-9-18(22)17(21)11-14/h2-4,9-11,15-16,24H,5-8H2,1H3,(H,23,25). The summed E-state index contributed by atoms with van der Waals surface area (Å²) < 4.78 is 13.2. The minimum absolute atomic E-state index is 0.0255. The fourth-order valence-corrected chi connectivity index (χ4v) is 4.48. The van der Waals surface area contributed by atoms with Gasteiger partial charge >= 0.3 is 0 Å². The summed E-state index contributed by atoms with van der Waals surface area (Å²) >= 11 is 7.53. The van der Waals surface area contributed by atoms with Crippen molar-refractivity contribution in [3.63, 3.8) is 0 Å². The van der Waals surface area contributed by atoms with Gasteiger partial charge in [0.25, 0.3) is 5.91 Å². The SMILES string of the molecule is Cc1ccc(C(=O)Nc2ccc(F)c(Cl)c2)cc1SC1CCC(O)CC1. The highest BCUT2D eigenvalue weighted by Crippen LogP contribution is 2.35. The van der Waals surface area contributed by atoms with E-state index in [0.717, 1.165) is 36.1 Å². The number of carbonyl (C=O) groups is 1. The van der Waals surface area contributed by atoms with Crippen molar-refractivity contribution in [2.45, 2.75) is 48.9 Å². The largest absolute Gasteiger partial charge is 0.393 e. The van der Waals surface area contributed by atoms with Crippen LogP contribution < -0.4 is 5.32 Å². The second-order valence-corrected chi connectivity index (χ2v) is 8.36. The van der Waals surface area contributed by atoms with Gasteiger partial charge in [-0.2, -0.15) is 0 Å². The number of aryl methyl sites for hydroxylation is 1. The van der Waals surface area contributed by atoms with Crippen molar-refractivity contribution in [1.29, 1.82) is 0 Å². The van der Waals surface area contributed by atoms with Crippen LogP contribution in [0.5, 0.6) is 0 Å². The summed E-state index contributed by atoms with van der Waals surface area (Å²) in [6.07, 6.45) is 3.46. The molecular weight excluding hydrogens is 373 g/mol. The maximum absolute atomic E-state index is 13.2. The van der Waals surface area contributed by atoms with Crippen molar-refractivity contribution in [1.82, 2.24) is 0 Å². The number of nitrogens with one attached hydrogen (secondary N) is 1. The fourth-order valence-electron chi connectivity index (χ4n) is 2.99. The van der Waals surface area contributed by atoms with E-state index in [2.05, 4.69) is 5.32 Å². The Morgan fingerprint density at radius 2 is 1.92 bits per heavy atom. The number of rotatable bonds is 4. The van der Waals surface area contributed by atoms with Gasteiger partial charge in [-0.25, -0.2) is 4.39 Å². The first kappa shape index (κ1) is 19.2. The topological polar surface area (TPSA) is 49.3 Å². The number of aliphatic hydroxyl groups is 1. The van der Waals surface area contributed by atoms with Crippen molar-refractivity contribution in [2.24, 2.45) is 0 Å². The van der Waals surface area contributed by atoms with E-state index in [-0.39, 0.29) is 17.0 Å². The fraction of sp³-hybridized carbons (Fsp3) is 0.350. The second kappa shape index (κ2) is 8.42. The number of thioether (sulfide) groups is 1. The zero-order valence-corrected chi connectivity index (χ0v) is 16.0. The molecule has 2 N–H and O–H groups in total. The number of aliphatic hydroxyl groups excluding tert-OH is 1. The second-order valence-electron chi connectivity index (χ2n) is 6.61. The highest BCUT2D eigenvalue weighted by atomic mass is 35.5. The summed E-state index contributed by atoms with van der Waals surface area (Å²) in [6.45, 7) is 2.03.